The summed E-state index contributed by atoms with van der Waals surface area (Å²) in [6.45, 7) is 5.84. The molecule has 0 atom stereocenters. The molecular formula is C29H31N5O5S. The summed E-state index contributed by atoms with van der Waals surface area (Å²) in [6.07, 6.45) is 4.51. The Hall–Kier alpha value is -4.22. The van der Waals surface area contributed by atoms with Crippen LogP contribution in [0.3, 0.4) is 0 Å². The van der Waals surface area contributed by atoms with E-state index in [1.165, 1.54) is 18.3 Å². The Morgan fingerprint density at radius 2 is 1.88 bits per heavy atom. The van der Waals surface area contributed by atoms with Crippen molar-refractivity contribution in [1.29, 1.82) is 0 Å². The molecule has 1 aliphatic rings. The van der Waals surface area contributed by atoms with E-state index < -0.39 is 15.6 Å². The van der Waals surface area contributed by atoms with Gasteiger partial charge in [-0.2, -0.15) is 5.10 Å². The van der Waals surface area contributed by atoms with Gasteiger partial charge in [0.2, 0.25) is 10.0 Å². The Bertz CT molecular complexity index is 1730. The number of carbonyl (C=O) groups is 1. The first-order valence-electron chi connectivity index (χ1n) is 12.8. The number of anilines is 1. The molecule has 5 rings (SSSR count). The molecule has 1 amide bonds. The average Bonchev–Trinajstić information content (AvgIpc) is 3.31. The minimum absolute atomic E-state index is 0.0647. The third-order valence-electron chi connectivity index (χ3n) is 7.20. The Morgan fingerprint density at radius 3 is 2.55 bits per heavy atom. The molecule has 3 heterocycles. The molecule has 3 N–H and O–H groups in total. The topological polar surface area (TPSA) is 138 Å². The number of amides is 1. The molecule has 0 unspecified atom stereocenters. The number of fused-ring (bicyclic) bond motifs is 1. The lowest BCUT2D eigenvalue weighted by atomic mass is 9.85. The van der Waals surface area contributed by atoms with Crippen molar-refractivity contribution in [3.05, 3.63) is 83.3 Å². The van der Waals surface area contributed by atoms with E-state index in [0.717, 1.165) is 29.3 Å². The van der Waals surface area contributed by atoms with Crippen molar-refractivity contribution in [2.24, 2.45) is 7.05 Å². The predicted octanol–water partition coefficient (Wildman–Crippen LogP) is 4.05. The molecule has 0 spiro atoms. The normalized spacial score (nSPS) is 14.7. The predicted molar refractivity (Wildman–Crippen MR) is 151 cm³/mol. The van der Waals surface area contributed by atoms with Crippen LogP contribution in [0.1, 0.15) is 47.4 Å². The van der Waals surface area contributed by atoms with Crippen molar-refractivity contribution < 1.29 is 23.4 Å². The molecule has 40 heavy (non-hydrogen) atoms. The number of aryl methyl sites for hydroxylation is 3. The number of phenols is 2. The lowest BCUT2D eigenvalue weighted by Crippen LogP contribution is -2.51. The molecule has 0 saturated carbocycles. The Balaban J connectivity index is 1.43. The summed E-state index contributed by atoms with van der Waals surface area (Å²) in [5.74, 6) is -0.769. The van der Waals surface area contributed by atoms with Crippen LogP contribution in [0.15, 0.2) is 65.8 Å². The van der Waals surface area contributed by atoms with Gasteiger partial charge in [0.1, 0.15) is 16.4 Å². The summed E-state index contributed by atoms with van der Waals surface area (Å²) in [5, 5.41) is 24.2. The maximum Gasteiger partial charge on any atom is 0.262 e. The molecule has 1 aliphatic heterocycles. The van der Waals surface area contributed by atoms with E-state index in [4.69, 9.17) is 0 Å². The number of sulfonamides is 1. The smallest absolute Gasteiger partial charge is 0.262 e. The summed E-state index contributed by atoms with van der Waals surface area (Å²) in [7, 11) is -2.02. The summed E-state index contributed by atoms with van der Waals surface area (Å²) in [5.41, 5.74) is 4.02. The molecule has 0 bridgehead atoms. The number of hydrogen-bond donors (Lipinski definition) is 3. The summed E-state index contributed by atoms with van der Waals surface area (Å²) < 4.78 is 29.9. The van der Waals surface area contributed by atoms with E-state index in [1.807, 2.05) is 39.0 Å². The first kappa shape index (κ1) is 27.4. The monoisotopic (exact) mass is 561 g/mol. The van der Waals surface area contributed by atoms with Crippen LogP contribution in [-0.4, -0.2) is 44.8 Å². The van der Waals surface area contributed by atoms with Gasteiger partial charge in [0.25, 0.3) is 5.91 Å². The highest BCUT2D eigenvalue weighted by molar-refractivity contribution is 7.89. The first-order valence-corrected chi connectivity index (χ1v) is 14.3. The van der Waals surface area contributed by atoms with Crippen molar-refractivity contribution >= 4 is 21.6 Å². The highest BCUT2D eigenvalue weighted by Crippen LogP contribution is 2.41. The average molecular weight is 562 g/mol. The molecule has 2 aromatic carbocycles. The minimum Gasteiger partial charge on any atom is -0.508 e. The zero-order chi connectivity index (χ0) is 28.8. The number of benzene rings is 2. The summed E-state index contributed by atoms with van der Waals surface area (Å²) in [6, 6.07) is 13.0. The van der Waals surface area contributed by atoms with E-state index >= 15 is 0 Å². The molecule has 0 aliphatic carbocycles. The van der Waals surface area contributed by atoms with Crippen LogP contribution >= 0.6 is 0 Å². The molecule has 0 saturated heterocycles. The zero-order valence-corrected chi connectivity index (χ0v) is 23.5. The minimum atomic E-state index is -3.79. The SMILES string of the molecule is Cc1cc(S(=O)(=O)NCc2ccn(C)n2)cnc1-c1ccc2c(c1)CCC(C)(C)N2C(=O)c1ccc(O)cc1O. The lowest BCUT2D eigenvalue weighted by Gasteiger charge is -2.43. The fraction of sp³-hybridized carbons (Fsp3) is 0.276. The molecule has 4 aromatic rings. The quantitative estimate of drug-likeness (QED) is 0.323. The van der Waals surface area contributed by atoms with Gasteiger partial charge in [-0.25, -0.2) is 13.1 Å². The van der Waals surface area contributed by atoms with Crippen LogP contribution in [0.25, 0.3) is 11.3 Å². The van der Waals surface area contributed by atoms with E-state index in [0.29, 0.717) is 23.4 Å². The molecule has 208 valence electrons. The van der Waals surface area contributed by atoms with Gasteiger partial charge in [-0.05, 0) is 81.1 Å². The van der Waals surface area contributed by atoms with E-state index in [2.05, 4.69) is 14.8 Å². The molecule has 10 nitrogen and oxygen atoms in total. The number of carbonyl (C=O) groups excluding carboxylic acids is 1. The Morgan fingerprint density at radius 1 is 1.10 bits per heavy atom. The second kappa shape index (κ2) is 10.1. The van der Waals surface area contributed by atoms with E-state index in [1.54, 1.807) is 35.0 Å². The Kier molecular flexibility index (Phi) is 6.89. The first-order chi connectivity index (χ1) is 18.9. The number of rotatable bonds is 6. The molecular weight excluding hydrogens is 530 g/mol. The van der Waals surface area contributed by atoms with Crippen molar-refractivity contribution in [2.45, 2.75) is 50.6 Å². The molecule has 0 radical (unpaired) electrons. The van der Waals surface area contributed by atoms with Crippen LogP contribution in [0.4, 0.5) is 5.69 Å². The number of aromatic nitrogens is 3. The van der Waals surface area contributed by atoms with Gasteiger partial charge in [0.05, 0.1) is 23.5 Å². The molecule has 2 aromatic heterocycles. The third kappa shape index (κ3) is 5.17. The number of nitrogens with zero attached hydrogens (tertiary/aromatic N) is 4. The van der Waals surface area contributed by atoms with Gasteiger partial charge in [0, 0.05) is 42.3 Å². The van der Waals surface area contributed by atoms with Gasteiger partial charge in [0.15, 0.2) is 0 Å². The van der Waals surface area contributed by atoms with Crippen molar-refractivity contribution in [2.75, 3.05) is 4.90 Å². The summed E-state index contributed by atoms with van der Waals surface area (Å²) >= 11 is 0. The van der Waals surface area contributed by atoms with Gasteiger partial charge in [-0.15, -0.1) is 0 Å². The maximum absolute atomic E-state index is 13.6. The van der Waals surface area contributed by atoms with E-state index in [9.17, 15) is 23.4 Å². The van der Waals surface area contributed by atoms with Crippen LogP contribution < -0.4 is 9.62 Å². The van der Waals surface area contributed by atoms with Gasteiger partial charge in [-0.1, -0.05) is 6.07 Å². The standard InChI is InChI=1S/C29H31N5O5S/c1-18-13-23(40(38,39)31-16-21-10-12-33(4)32-21)17-30-27(18)20-5-8-25-19(14-20)9-11-29(2,3)34(25)28(37)24-7-6-22(35)15-26(24)36/h5-8,10,12-15,17,31,35-36H,9,11,16H2,1-4H3. The second-order valence-corrected chi connectivity index (χ2v) is 12.4. The second-order valence-electron chi connectivity index (χ2n) is 10.6. The van der Waals surface area contributed by atoms with Gasteiger partial charge in [-0.3, -0.25) is 14.5 Å². The van der Waals surface area contributed by atoms with Crippen molar-refractivity contribution in [3.63, 3.8) is 0 Å². The third-order valence-corrected chi connectivity index (χ3v) is 8.56. The number of hydrogen-bond acceptors (Lipinski definition) is 7. The maximum atomic E-state index is 13.6. The van der Waals surface area contributed by atoms with Crippen LogP contribution in [0.2, 0.25) is 0 Å². The number of nitrogens with one attached hydrogen (secondary N) is 1. The fourth-order valence-corrected chi connectivity index (χ4v) is 6.07. The van der Waals surface area contributed by atoms with Gasteiger partial charge < -0.3 is 15.1 Å². The molecule has 0 fully saturated rings. The summed E-state index contributed by atoms with van der Waals surface area (Å²) in [4.78, 5) is 19.8. The lowest BCUT2D eigenvalue weighted by molar-refractivity contribution is 0.0953. The van der Waals surface area contributed by atoms with Gasteiger partial charge >= 0.3 is 0 Å². The molecule has 11 heteroatoms. The number of pyridine rings is 1. The van der Waals surface area contributed by atoms with Crippen LogP contribution in [-0.2, 0) is 30.0 Å². The van der Waals surface area contributed by atoms with Crippen molar-refractivity contribution in [1.82, 2.24) is 19.5 Å². The number of phenolic OH excluding ortho intramolecular Hbond substituents is 2. The zero-order valence-electron chi connectivity index (χ0n) is 22.7. The highest BCUT2D eigenvalue weighted by Gasteiger charge is 2.38. The van der Waals surface area contributed by atoms with E-state index in [-0.39, 0.29) is 34.4 Å². The van der Waals surface area contributed by atoms with Crippen molar-refractivity contribution in [3.8, 4) is 22.8 Å². The van der Waals surface area contributed by atoms with Crippen LogP contribution in [0, 0.1) is 6.92 Å². The Labute approximate surface area is 233 Å². The fourth-order valence-electron chi connectivity index (χ4n) is 5.04. The van der Waals surface area contributed by atoms with Crippen LogP contribution in [0.5, 0.6) is 11.5 Å². The number of aromatic hydroxyl groups is 2. The largest absolute Gasteiger partial charge is 0.508 e. The highest BCUT2D eigenvalue weighted by atomic mass is 32.2.